The maximum atomic E-state index is 13.8. The van der Waals surface area contributed by atoms with Gasteiger partial charge in [-0.05, 0) is 72.9 Å². The van der Waals surface area contributed by atoms with Crippen LogP contribution in [0.5, 0.6) is 5.75 Å². The summed E-state index contributed by atoms with van der Waals surface area (Å²) < 4.78 is 5.42. The van der Waals surface area contributed by atoms with Gasteiger partial charge in [0.25, 0.3) is 5.91 Å². The Hall–Kier alpha value is -4.69. The fraction of sp³-hybridized carbons (Fsp3) is 0.324. The van der Waals surface area contributed by atoms with E-state index in [0.29, 0.717) is 5.56 Å². The van der Waals surface area contributed by atoms with Crippen molar-refractivity contribution in [2.75, 3.05) is 32.6 Å². The minimum absolute atomic E-state index is 0.0385. The largest absolute Gasteiger partial charge is 0.497 e. The molecule has 0 spiro atoms. The zero-order valence-corrected chi connectivity index (χ0v) is 26.3. The number of H-pyrrole nitrogens is 1. The van der Waals surface area contributed by atoms with Crippen LogP contribution in [0.1, 0.15) is 59.3 Å². The van der Waals surface area contributed by atoms with Crippen LogP contribution in [0.15, 0.2) is 97.2 Å². The molecule has 2 aromatic heterocycles. The first-order chi connectivity index (χ1) is 22.0. The molecule has 1 aliphatic heterocycles. The number of likely N-dealkylation sites (tertiary alicyclic amines) is 1. The predicted molar refractivity (Wildman–Crippen MR) is 180 cm³/mol. The van der Waals surface area contributed by atoms with Gasteiger partial charge in [0.1, 0.15) is 5.75 Å². The molecule has 8 nitrogen and oxygen atoms in total. The van der Waals surface area contributed by atoms with Gasteiger partial charge in [-0.15, -0.1) is 0 Å². The van der Waals surface area contributed by atoms with E-state index in [1.54, 1.807) is 7.11 Å². The molecule has 232 valence electrons. The van der Waals surface area contributed by atoms with E-state index >= 15 is 0 Å². The minimum atomic E-state index is -0.0857. The number of aromatic amines is 1. The number of benzene rings is 3. The molecular weight excluding hydrogens is 560 g/mol. The highest BCUT2D eigenvalue weighted by molar-refractivity contribution is 5.94. The lowest BCUT2D eigenvalue weighted by molar-refractivity contribution is 0.0201. The number of imidazole rings is 1. The first kappa shape index (κ1) is 30.3. The maximum Gasteiger partial charge on any atom is 0.254 e. The van der Waals surface area contributed by atoms with Crippen LogP contribution in [0.25, 0.3) is 11.0 Å². The minimum Gasteiger partial charge on any atom is -0.497 e. The molecule has 1 amide bonds. The van der Waals surface area contributed by atoms with Gasteiger partial charge in [-0.1, -0.05) is 55.5 Å². The number of hydrogen-bond acceptors (Lipinski definition) is 6. The smallest absolute Gasteiger partial charge is 0.254 e. The first-order valence-corrected chi connectivity index (χ1v) is 15.9. The van der Waals surface area contributed by atoms with Crippen LogP contribution in [-0.4, -0.2) is 70.1 Å². The van der Waals surface area contributed by atoms with Crippen molar-refractivity contribution in [1.82, 2.24) is 24.8 Å². The zero-order chi connectivity index (χ0) is 31.2. The van der Waals surface area contributed by atoms with Gasteiger partial charge < -0.3 is 19.9 Å². The average Bonchev–Trinajstić information content (AvgIpc) is 3.51. The van der Waals surface area contributed by atoms with Crippen molar-refractivity contribution in [2.24, 2.45) is 0 Å². The van der Waals surface area contributed by atoms with Crippen LogP contribution >= 0.6 is 0 Å². The molecule has 0 aliphatic carbocycles. The number of carbonyl (C=O) groups is 1. The molecule has 0 bridgehead atoms. The number of piperidine rings is 1. The number of carbonyl (C=O) groups excluding carboxylic acids is 1. The number of aromatic nitrogens is 3. The van der Waals surface area contributed by atoms with E-state index in [-0.39, 0.29) is 24.0 Å². The standard InChI is InChI=1S/C37H42N6O2/c1-4-32(26-16-18-31(45-3)19-17-26)35(42(2)36(44)27-11-6-5-7-12-27)43-23-20-29(21-24-43)39-37-40-33-15-10-13-28(34(33)41-37)25-30-14-8-9-22-38-30/h5-19,22,29,32,35H,4,20-21,23-25H2,1-3H3,(H2,39,40,41). The maximum absolute atomic E-state index is 13.8. The quantitative estimate of drug-likeness (QED) is 0.174. The Morgan fingerprint density at radius 2 is 1.76 bits per heavy atom. The lowest BCUT2D eigenvalue weighted by Gasteiger charge is -2.45. The van der Waals surface area contributed by atoms with E-state index in [1.165, 1.54) is 5.56 Å². The lowest BCUT2D eigenvalue weighted by atomic mass is 9.90. The Labute approximate surface area is 265 Å². The highest BCUT2D eigenvalue weighted by Gasteiger charge is 2.36. The molecule has 2 N–H and O–H groups in total. The monoisotopic (exact) mass is 602 g/mol. The number of likely N-dealkylation sites (N-methyl/N-ethyl adjacent to an activating group) is 1. The first-order valence-electron chi connectivity index (χ1n) is 15.9. The number of rotatable bonds is 11. The number of ether oxygens (including phenoxy) is 1. The summed E-state index contributed by atoms with van der Waals surface area (Å²) in [7, 11) is 3.64. The number of amides is 1. The number of pyridine rings is 1. The van der Waals surface area contributed by atoms with E-state index in [1.807, 2.05) is 78.8 Å². The van der Waals surface area contributed by atoms with Crippen LogP contribution in [0.2, 0.25) is 0 Å². The number of methoxy groups -OCH3 is 1. The molecular formula is C37H42N6O2. The van der Waals surface area contributed by atoms with Crippen LogP contribution in [-0.2, 0) is 6.42 Å². The summed E-state index contributed by atoms with van der Waals surface area (Å²) in [5.74, 6) is 1.82. The van der Waals surface area contributed by atoms with Crippen LogP contribution in [0.3, 0.4) is 0 Å². The van der Waals surface area contributed by atoms with E-state index in [9.17, 15) is 4.79 Å². The van der Waals surface area contributed by atoms with Crippen molar-refractivity contribution in [3.8, 4) is 5.75 Å². The predicted octanol–water partition coefficient (Wildman–Crippen LogP) is 6.73. The highest BCUT2D eigenvalue weighted by atomic mass is 16.5. The zero-order valence-electron chi connectivity index (χ0n) is 26.3. The number of nitrogens with one attached hydrogen (secondary N) is 2. The van der Waals surface area contributed by atoms with Gasteiger partial charge in [-0.3, -0.25) is 14.7 Å². The number of anilines is 1. The molecule has 5 aromatic rings. The Bertz CT molecular complexity index is 1680. The van der Waals surface area contributed by atoms with Crippen molar-refractivity contribution >= 4 is 22.9 Å². The van der Waals surface area contributed by atoms with E-state index in [2.05, 4.69) is 57.4 Å². The van der Waals surface area contributed by atoms with Gasteiger partial charge in [-0.25, -0.2) is 4.98 Å². The molecule has 0 radical (unpaired) electrons. The van der Waals surface area contributed by atoms with Gasteiger partial charge in [0.15, 0.2) is 0 Å². The average molecular weight is 603 g/mol. The van der Waals surface area contributed by atoms with Crippen LogP contribution < -0.4 is 10.1 Å². The summed E-state index contributed by atoms with van der Waals surface area (Å²) in [5.41, 5.74) is 6.10. The van der Waals surface area contributed by atoms with Gasteiger partial charge >= 0.3 is 0 Å². The molecule has 1 fully saturated rings. The number of nitrogens with zero attached hydrogens (tertiary/aromatic N) is 4. The number of para-hydroxylation sites is 1. The Morgan fingerprint density at radius 3 is 2.44 bits per heavy atom. The number of hydrogen-bond donors (Lipinski definition) is 2. The normalized spacial score (nSPS) is 15.4. The van der Waals surface area contributed by atoms with Crippen LogP contribution in [0.4, 0.5) is 5.95 Å². The molecule has 45 heavy (non-hydrogen) atoms. The van der Waals surface area contributed by atoms with Gasteiger partial charge in [0.2, 0.25) is 5.95 Å². The Kier molecular flexibility index (Phi) is 9.41. The van der Waals surface area contributed by atoms with Gasteiger partial charge in [0, 0.05) is 56.0 Å². The Morgan fingerprint density at radius 1 is 1.00 bits per heavy atom. The molecule has 8 heteroatoms. The molecule has 0 saturated carbocycles. The molecule has 2 atom stereocenters. The number of fused-ring (bicyclic) bond motifs is 1. The summed E-state index contributed by atoms with van der Waals surface area (Å²) in [4.78, 5) is 31.2. The summed E-state index contributed by atoms with van der Waals surface area (Å²) in [6.45, 7) is 3.94. The van der Waals surface area contributed by atoms with Crippen molar-refractivity contribution in [3.63, 3.8) is 0 Å². The van der Waals surface area contributed by atoms with Crippen molar-refractivity contribution in [1.29, 1.82) is 0 Å². The summed E-state index contributed by atoms with van der Waals surface area (Å²) in [6.07, 6.45) is 5.28. The van der Waals surface area contributed by atoms with Crippen molar-refractivity contribution in [3.05, 3.63) is 120 Å². The third-order valence-corrected chi connectivity index (χ3v) is 9.02. The van der Waals surface area contributed by atoms with Crippen molar-refractivity contribution in [2.45, 2.75) is 50.7 Å². The second-order valence-electron chi connectivity index (χ2n) is 11.8. The second kappa shape index (κ2) is 13.9. The summed E-state index contributed by atoms with van der Waals surface area (Å²) in [6, 6.07) is 30.4. The molecule has 3 aromatic carbocycles. The van der Waals surface area contributed by atoms with Crippen molar-refractivity contribution < 1.29 is 9.53 Å². The van der Waals surface area contributed by atoms with E-state index in [0.717, 1.165) is 72.8 Å². The van der Waals surface area contributed by atoms with E-state index in [4.69, 9.17) is 9.72 Å². The Balaban J connectivity index is 1.18. The lowest BCUT2D eigenvalue weighted by Crippen LogP contribution is -2.55. The molecule has 1 aliphatic rings. The molecule has 3 heterocycles. The topological polar surface area (TPSA) is 86.4 Å². The fourth-order valence-corrected chi connectivity index (χ4v) is 6.65. The molecule has 1 saturated heterocycles. The third-order valence-electron chi connectivity index (χ3n) is 9.02. The second-order valence-corrected chi connectivity index (χ2v) is 11.8. The molecule has 2 unspecified atom stereocenters. The highest BCUT2D eigenvalue weighted by Crippen LogP contribution is 2.33. The van der Waals surface area contributed by atoms with Gasteiger partial charge in [0.05, 0.1) is 24.3 Å². The van der Waals surface area contributed by atoms with Crippen LogP contribution in [0, 0.1) is 0 Å². The summed E-state index contributed by atoms with van der Waals surface area (Å²) >= 11 is 0. The summed E-state index contributed by atoms with van der Waals surface area (Å²) in [5, 5.41) is 3.68. The molecule has 6 rings (SSSR count). The third kappa shape index (κ3) is 6.86. The fourth-order valence-electron chi connectivity index (χ4n) is 6.65. The van der Waals surface area contributed by atoms with Gasteiger partial charge in [-0.2, -0.15) is 0 Å². The van der Waals surface area contributed by atoms with E-state index < -0.39 is 0 Å². The SMILES string of the molecule is CCC(c1ccc(OC)cc1)C(N1CCC(Nc2nc3c(Cc4ccccn4)cccc3[nH]2)CC1)N(C)C(=O)c1ccccc1.